The molecular weight excluding hydrogens is 242 g/mol. The van der Waals surface area contributed by atoms with Crippen molar-refractivity contribution in [3.8, 4) is 11.5 Å². The third-order valence-corrected chi connectivity index (χ3v) is 3.16. The van der Waals surface area contributed by atoms with Gasteiger partial charge in [-0.15, -0.1) is 0 Å². The highest BCUT2D eigenvalue weighted by Crippen LogP contribution is 2.36. The summed E-state index contributed by atoms with van der Waals surface area (Å²) < 4.78 is 10.9. The summed E-state index contributed by atoms with van der Waals surface area (Å²) in [7, 11) is 0. The molecule has 1 unspecified atom stereocenters. The van der Waals surface area contributed by atoms with Gasteiger partial charge in [0.15, 0.2) is 11.5 Å². The summed E-state index contributed by atoms with van der Waals surface area (Å²) in [4.78, 5) is 0. The fourth-order valence-corrected chi connectivity index (χ4v) is 2.03. The molecule has 3 N–H and O–H groups in total. The van der Waals surface area contributed by atoms with E-state index in [1.165, 1.54) is 0 Å². The van der Waals surface area contributed by atoms with Crippen molar-refractivity contribution < 1.29 is 14.6 Å². The minimum absolute atomic E-state index is 0.0232. The first-order chi connectivity index (χ1) is 8.24. The average Bonchev–Trinajstić information content (AvgIpc) is 2.36. The van der Waals surface area contributed by atoms with Crippen LogP contribution in [0.3, 0.4) is 0 Å². The van der Waals surface area contributed by atoms with Gasteiger partial charge < -0.3 is 20.3 Å². The summed E-state index contributed by atoms with van der Waals surface area (Å²) in [5.41, 5.74) is 6.49. The average molecular weight is 258 g/mol. The summed E-state index contributed by atoms with van der Waals surface area (Å²) in [6.45, 7) is 1.58. The third-order valence-electron chi connectivity index (χ3n) is 2.81. The van der Waals surface area contributed by atoms with Crippen LogP contribution in [0, 0.1) is 5.92 Å². The molecule has 5 heteroatoms. The normalized spacial score (nSPS) is 15.7. The van der Waals surface area contributed by atoms with Crippen molar-refractivity contribution in [2.24, 2.45) is 11.7 Å². The lowest BCUT2D eigenvalue weighted by Gasteiger charge is -2.21. The lowest BCUT2D eigenvalue weighted by atomic mass is 9.99. The molecular formula is C12H16ClNO3. The summed E-state index contributed by atoms with van der Waals surface area (Å²) in [5.74, 6) is 1.41. The van der Waals surface area contributed by atoms with Gasteiger partial charge in [-0.1, -0.05) is 11.6 Å². The molecule has 1 aliphatic heterocycles. The van der Waals surface area contributed by atoms with Crippen LogP contribution in [0.15, 0.2) is 12.1 Å². The Kier molecular flexibility index (Phi) is 4.10. The molecule has 17 heavy (non-hydrogen) atoms. The number of aliphatic hydroxyl groups is 1. The van der Waals surface area contributed by atoms with Crippen molar-refractivity contribution in [1.29, 1.82) is 0 Å². The maximum Gasteiger partial charge on any atom is 0.162 e. The summed E-state index contributed by atoms with van der Waals surface area (Å²) >= 11 is 6.16. The van der Waals surface area contributed by atoms with Crippen LogP contribution in [-0.2, 0) is 6.42 Å². The Hall–Kier alpha value is -0.970. The molecule has 1 heterocycles. The van der Waals surface area contributed by atoms with E-state index >= 15 is 0 Å². The zero-order valence-electron chi connectivity index (χ0n) is 9.49. The Morgan fingerprint density at radius 3 is 2.53 bits per heavy atom. The van der Waals surface area contributed by atoms with E-state index in [4.69, 9.17) is 31.9 Å². The maximum absolute atomic E-state index is 9.14. The van der Waals surface area contributed by atoms with E-state index in [1.54, 1.807) is 6.07 Å². The lowest BCUT2D eigenvalue weighted by Crippen LogP contribution is -2.21. The van der Waals surface area contributed by atoms with Gasteiger partial charge in [0.1, 0.15) is 13.2 Å². The quantitative estimate of drug-likeness (QED) is 0.851. The van der Waals surface area contributed by atoms with Crippen LogP contribution in [0.2, 0.25) is 5.02 Å². The van der Waals surface area contributed by atoms with Gasteiger partial charge in [0.25, 0.3) is 0 Å². The van der Waals surface area contributed by atoms with Crippen LogP contribution in [0.5, 0.6) is 11.5 Å². The molecule has 1 aromatic rings. The molecule has 94 valence electrons. The first-order valence-corrected chi connectivity index (χ1v) is 6.01. The van der Waals surface area contributed by atoms with E-state index in [0.717, 1.165) is 5.56 Å². The number of hydrogen-bond donors (Lipinski definition) is 2. The Morgan fingerprint density at radius 1 is 1.29 bits per heavy atom. The first-order valence-electron chi connectivity index (χ1n) is 5.63. The highest BCUT2D eigenvalue weighted by molar-refractivity contribution is 6.31. The zero-order chi connectivity index (χ0) is 12.3. The number of fused-ring (bicyclic) bond motifs is 1. The molecule has 0 saturated heterocycles. The van der Waals surface area contributed by atoms with Crippen molar-refractivity contribution >= 4 is 11.6 Å². The fraction of sp³-hybridized carbons (Fsp3) is 0.500. The topological polar surface area (TPSA) is 64.7 Å². The second-order valence-corrected chi connectivity index (χ2v) is 4.48. The minimum Gasteiger partial charge on any atom is -0.486 e. The molecule has 1 atom stereocenters. The SMILES string of the molecule is NCC(CO)Cc1cc2c(cc1Cl)OCCO2. The molecule has 0 radical (unpaired) electrons. The number of halogens is 1. The van der Waals surface area contributed by atoms with Crippen molar-refractivity contribution in [1.82, 2.24) is 0 Å². The molecule has 2 rings (SSSR count). The molecule has 0 aromatic heterocycles. The molecule has 1 aliphatic rings. The highest BCUT2D eigenvalue weighted by Gasteiger charge is 2.17. The first kappa shape index (κ1) is 12.5. The van der Waals surface area contributed by atoms with E-state index in [9.17, 15) is 0 Å². The second kappa shape index (κ2) is 5.58. The molecule has 0 spiro atoms. The minimum atomic E-state index is 0.0232. The van der Waals surface area contributed by atoms with E-state index in [2.05, 4.69) is 0 Å². The van der Waals surface area contributed by atoms with E-state index in [-0.39, 0.29) is 12.5 Å². The van der Waals surface area contributed by atoms with Gasteiger partial charge >= 0.3 is 0 Å². The third kappa shape index (κ3) is 2.83. The summed E-state index contributed by atoms with van der Waals surface area (Å²) in [6.07, 6.45) is 0.641. The summed E-state index contributed by atoms with van der Waals surface area (Å²) in [6, 6.07) is 3.63. The second-order valence-electron chi connectivity index (χ2n) is 4.08. The molecule has 4 nitrogen and oxygen atoms in total. The van der Waals surface area contributed by atoms with Crippen LogP contribution in [0.25, 0.3) is 0 Å². The van der Waals surface area contributed by atoms with E-state index in [0.29, 0.717) is 42.7 Å². The number of benzene rings is 1. The Balaban J connectivity index is 2.22. The van der Waals surface area contributed by atoms with Gasteiger partial charge in [-0.25, -0.2) is 0 Å². The molecule has 0 amide bonds. The molecule has 0 aliphatic carbocycles. The van der Waals surface area contributed by atoms with Gasteiger partial charge in [-0.05, 0) is 30.5 Å². The van der Waals surface area contributed by atoms with Crippen molar-refractivity contribution in [2.75, 3.05) is 26.4 Å². The number of hydrogen-bond acceptors (Lipinski definition) is 4. The molecule has 1 aromatic carbocycles. The van der Waals surface area contributed by atoms with Gasteiger partial charge in [0.05, 0.1) is 0 Å². The summed E-state index contributed by atoms with van der Waals surface area (Å²) in [5, 5.41) is 9.76. The highest BCUT2D eigenvalue weighted by atomic mass is 35.5. The lowest BCUT2D eigenvalue weighted by molar-refractivity contribution is 0.171. The van der Waals surface area contributed by atoms with Crippen molar-refractivity contribution in [2.45, 2.75) is 6.42 Å². The molecule has 0 fully saturated rings. The number of rotatable bonds is 4. The van der Waals surface area contributed by atoms with Gasteiger partial charge in [0, 0.05) is 17.7 Å². The Bertz CT molecular complexity index is 394. The smallest absolute Gasteiger partial charge is 0.162 e. The fourth-order valence-electron chi connectivity index (χ4n) is 1.80. The Labute approximate surface area is 105 Å². The van der Waals surface area contributed by atoms with Gasteiger partial charge in [0.2, 0.25) is 0 Å². The Morgan fingerprint density at radius 2 is 1.94 bits per heavy atom. The van der Waals surface area contributed by atoms with E-state index in [1.807, 2.05) is 6.07 Å². The van der Waals surface area contributed by atoms with Gasteiger partial charge in [-0.3, -0.25) is 0 Å². The largest absolute Gasteiger partial charge is 0.486 e. The van der Waals surface area contributed by atoms with E-state index < -0.39 is 0 Å². The number of nitrogens with two attached hydrogens (primary N) is 1. The van der Waals surface area contributed by atoms with Crippen molar-refractivity contribution in [3.63, 3.8) is 0 Å². The van der Waals surface area contributed by atoms with Crippen LogP contribution < -0.4 is 15.2 Å². The predicted octanol–water partition coefficient (Wildman–Crippen LogP) is 1.22. The molecule has 0 bridgehead atoms. The van der Waals surface area contributed by atoms with Crippen molar-refractivity contribution in [3.05, 3.63) is 22.7 Å². The van der Waals surface area contributed by atoms with Crippen LogP contribution >= 0.6 is 11.6 Å². The van der Waals surface area contributed by atoms with Crippen LogP contribution in [0.1, 0.15) is 5.56 Å². The van der Waals surface area contributed by atoms with Crippen LogP contribution in [0.4, 0.5) is 0 Å². The molecule has 0 saturated carbocycles. The number of aliphatic hydroxyl groups excluding tert-OH is 1. The standard InChI is InChI=1S/C12H16ClNO3/c13-10-5-12-11(16-1-2-17-12)4-9(10)3-8(6-14)7-15/h4-5,8,15H,1-3,6-7,14H2. The number of ether oxygens (including phenoxy) is 2. The predicted molar refractivity (Wildman–Crippen MR) is 65.8 cm³/mol. The monoisotopic (exact) mass is 257 g/mol. The van der Waals surface area contributed by atoms with Crippen LogP contribution in [-0.4, -0.2) is 31.5 Å². The maximum atomic E-state index is 9.14. The zero-order valence-corrected chi connectivity index (χ0v) is 10.2. The van der Waals surface area contributed by atoms with Gasteiger partial charge in [-0.2, -0.15) is 0 Å².